The van der Waals surface area contributed by atoms with Crippen molar-refractivity contribution in [3.05, 3.63) is 34.0 Å². The van der Waals surface area contributed by atoms with Gasteiger partial charge in [0.15, 0.2) is 0 Å². The summed E-state index contributed by atoms with van der Waals surface area (Å²) in [6, 6.07) is 1.83. The molecule has 1 unspecified atom stereocenters. The van der Waals surface area contributed by atoms with Crippen molar-refractivity contribution in [1.29, 1.82) is 0 Å². The fraction of sp³-hybridized carbons (Fsp3) is 0.600. The highest BCUT2D eigenvalue weighted by Gasteiger charge is 2.34. The summed E-state index contributed by atoms with van der Waals surface area (Å²) in [7, 11) is -1.43. The molecule has 0 bridgehead atoms. The molecule has 8 heteroatoms. The van der Waals surface area contributed by atoms with E-state index >= 15 is 0 Å². The summed E-state index contributed by atoms with van der Waals surface area (Å²) in [5.41, 5.74) is 3.69. The van der Waals surface area contributed by atoms with Crippen LogP contribution in [0.3, 0.4) is 0 Å². The van der Waals surface area contributed by atoms with Crippen LogP contribution in [0.15, 0.2) is 17.8 Å². The van der Waals surface area contributed by atoms with E-state index in [9.17, 15) is 8.42 Å². The molecule has 1 fully saturated rings. The van der Waals surface area contributed by atoms with E-state index in [0.29, 0.717) is 13.0 Å². The van der Waals surface area contributed by atoms with Crippen molar-refractivity contribution >= 4 is 21.4 Å². The monoisotopic (exact) mass is 354 g/mol. The van der Waals surface area contributed by atoms with Crippen molar-refractivity contribution in [3.8, 4) is 0 Å². The van der Waals surface area contributed by atoms with Gasteiger partial charge in [-0.25, -0.2) is 13.4 Å². The second kappa shape index (κ2) is 6.70. The molecule has 2 aromatic heterocycles. The van der Waals surface area contributed by atoms with Gasteiger partial charge < -0.3 is 0 Å². The second-order valence-electron chi connectivity index (χ2n) is 5.93. The molecule has 1 aliphatic rings. The smallest absolute Gasteiger partial charge is 0.215 e. The van der Waals surface area contributed by atoms with E-state index in [1.54, 1.807) is 20.7 Å². The van der Waals surface area contributed by atoms with Crippen LogP contribution in [0.5, 0.6) is 0 Å². The highest BCUT2D eigenvalue weighted by Crippen LogP contribution is 2.33. The molecular weight excluding hydrogens is 332 g/mol. The van der Waals surface area contributed by atoms with Crippen LogP contribution in [0, 0.1) is 6.92 Å². The molecule has 23 heavy (non-hydrogen) atoms. The van der Waals surface area contributed by atoms with Crippen molar-refractivity contribution in [3.63, 3.8) is 0 Å². The van der Waals surface area contributed by atoms with E-state index in [1.807, 2.05) is 20.0 Å². The van der Waals surface area contributed by atoms with Gasteiger partial charge in [0.2, 0.25) is 10.0 Å². The molecule has 0 saturated carbocycles. The van der Waals surface area contributed by atoms with Gasteiger partial charge in [0.05, 0.1) is 28.7 Å². The Balaban J connectivity index is 1.79. The van der Waals surface area contributed by atoms with Gasteiger partial charge in [0.1, 0.15) is 0 Å². The predicted octanol–water partition coefficient (Wildman–Crippen LogP) is 2.28. The molecule has 3 heterocycles. The zero-order chi connectivity index (χ0) is 16.4. The number of aryl methyl sites for hydroxylation is 3. The highest BCUT2D eigenvalue weighted by atomic mass is 32.2. The minimum absolute atomic E-state index is 0.0937. The molecule has 0 amide bonds. The van der Waals surface area contributed by atoms with Crippen molar-refractivity contribution in [1.82, 2.24) is 19.1 Å². The van der Waals surface area contributed by atoms with E-state index in [2.05, 4.69) is 10.1 Å². The van der Waals surface area contributed by atoms with E-state index in [1.165, 1.54) is 11.3 Å². The average Bonchev–Trinajstić information content (AvgIpc) is 3.14. The number of hydrogen-bond donors (Lipinski definition) is 0. The van der Waals surface area contributed by atoms with Gasteiger partial charge in [-0.05, 0) is 32.3 Å². The lowest BCUT2D eigenvalue weighted by atomic mass is 10.0. The van der Waals surface area contributed by atoms with E-state index in [4.69, 9.17) is 0 Å². The third-order valence-electron chi connectivity index (χ3n) is 4.44. The van der Waals surface area contributed by atoms with Crippen molar-refractivity contribution in [2.45, 2.75) is 38.6 Å². The molecule has 0 radical (unpaired) electrons. The van der Waals surface area contributed by atoms with Gasteiger partial charge in [0, 0.05) is 24.7 Å². The number of aromatic nitrogens is 3. The Morgan fingerprint density at radius 3 is 2.87 bits per heavy atom. The zero-order valence-corrected chi connectivity index (χ0v) is 15.1. The summed E-state index contributed by atoms with van der Waals surface area (Å²) in [6.07, 6.45) is 5.10. The molecule has 1 aliphatic heterocycles. The van der Waals surface area contributed by atoms with Crippen molar-refractivity contribution in [2.75, 3.05) is 12.3 Å². The van der Waals surface area contributed by atoms with Gasteiger partial charge in [-0.1, -0.05) is 6.42 Å². The predicted molar refractivity (Wildman–Crippen MR) is 90.8 cm³/mol. The van der Waals surface area contributed by atoms with Crippen molar-refractivity contribution < 1.29 is 8.42 Å². The lowest BCUT2D eigenvalue weighted by Crippen LogP contribution is -2.40. The molecule has 2 aromatic rings. The first-order valence-electron chi connectivity index (χ1n) is 7.85. The lowest BCUT2D eigenvalue weighted by Gasteiger charge is -2.34. The molecule has 6 nitrogen and oxygen atoms in total. The molecule has 3 rings (SSSR count). The molecular formula is C15H22N4O2S2. The Morgan fingerprint density at radius 2 is 2.22 bits per heavy atom. The summed E-state index contributed by atoms with van der Waals surface area (Å²) in [5, 5.41) is 4.20. The molecule has 0 aliphatic carbocycles. The van der Waals surface area contributed by atoms with Crippen molar-refractivity contribution in [2.24, 2.45) is 7.05 Å². The Bertz CT molecular complexity index is 766. The molecule has 1 saturated heterocycles. The standard InChI is InChI=1S/C15H22N4O2S2/c1-12-15(22-11-16-12)7-10-23(20,21)19-9-4-3-5-14(19)13-6-8-17-18(13)2/h6,8,11,14H,3-5,7,9-10H2,1-2H3. The van der Waals surface area contributed by atoms with Gasteiger partial charge in [-0.2, -0.15) is 9.40 Å². The Labute approximate surface area is 141 Å². The summed E-state index contributed by atoms with van der Waals surface area (Å²) in [5.74, 6) is 0.143. The Kier molecular flexibility index (Phi) is 4.84. The normalized spacial score (nSPS) is 20.0. The third-order valence-corrected chi connectivity index (χ3v) is 7.31. The van der Waals surface area contributed by atoms with Crippen LogP contribution in [0.4, 0.5) is 0 Å². The highest BCUT2D eigenvalue weighted by molar-refractivity contribution is 7.89. The number of piperidine rings is 1. The maximum absolute atomic E-state index is 12.9. The zero-order valence-electron chi connectivity index (χ0n) is 13.5. The van der Waals surface area contributed by atoms with Crippen LogP contribution in [0.1, 0.15) is 41.6 Å². The SMILES string of the molecule is Cc1ncsc1CCS(=O)(=O)N1CCCCC1c1ccnn1C. The van der Waals surface area contributed by atoms with Crippen LogP contribution in [-0.2, 0) is 23.5 Å². The van der Waals surface area contributed by atoms with Crippen LogP contribution in [0.25, 0.3) is 0 Å². The maximum atomic E-state index is 12.9. The van der Waals surface area contributed by atoms with Gasteiger partial charge in [-0.15, -0.1) is 11.3 Å². The first kappa shape index (κ1) is 16.6. The Morgan fingerprint density at radius 1 is 1.39 bits per heavy atom. The molecule has 0 N–H and O–H groups in total. The average molecular weight is 355 g/mol. The molecule has 1 atom stereocenters. The summed E-state index contributed by atoms with van der Waals surface area (Å²) in [4.78, 5) is 5.25. The summed E-state index contributed by atoms with van der Waals surface area (Å²) < 4.78 is 29.2. The largest absolute Gasteiger partial charge is 0.271 e. The van der Waals surface area contributed by atoms with Crippen LogP contribution >= 0.6 is 11.3 Å². The van der Waals surface area contributed by atoms with Crippen LogP contribution in [-0.4, -0.2) is 39.8 Å². The first-order valence-corrected chi connectivity index (χ1v) is 10.3. The first-order chi connectivity index (χ1) is 11.0. The lowest BCUT2D eigenvalue weighted by molar-refractivity contribution is 0.246. The summed E-state index contributed by atoms with van der Waals surface area (Å²) >= 11 is 1.53. The van der Waals surface area contributed by atoms with Gasteiger partial charge in [0.25, 0.3) is 0 Å². The minimum atomic E-state index is -3.30. The summed E-state index contributed by atoms with van der Waals surface area (Å²) in [6.45, 7) is 2.53. The van der Waals surface area contributed by atoms with Gasteiger partial charge in [-0.3, -0.25) is 4.68 Å². The third kappa shape index (κ3) is 3.49. The number of rotatable bonds is 5. The second-order valence-corrected chi connectivity index (χ2v) is 8.91. The van der Waals surface area contributed by atoms with E-state index < -0.39 is 10.0 Å². The topological polar surface area (TPSA) is 68.1 Å². The number of nitrogens with zero attached hydrogens (tertiary/aromatic N) is 4. The molecule has 126 valence electrons. The van der Waals surface area contributed by atoms with Gasteiger partial charge >= 0.3 is 0 Å². The fourth-order valence-corrected chi connectivity index (χ4v) is 5.76. The quantitative estimate of drug-likeness (QED) is 0.826. The van der Waals surface area contributed by atoms with E-state index in [0.717, 1.165) is 35.5 Å². The Hall–Kier alpha value is -1.25. The molecule has 0 aromatic carbocycles. The minimum Gasteiger partial charge on any atom is -0.271 e. The maximum Gasteiger partial charge on any atom is 0.215 e. The van der Waals surface area contributed by atoms with Crippen LogP contribution in [0.2, 0.25) is 0 Å². The number of thiazole rings is 1. The molecule has 0 spiro atoms. The fourth-order valence-electron chi connectivity index (χ4n) is 3.15. The van der Waals surface area contributed by atoms with Crippen LogP contribution < -0.4 is 0 Å². The number of hydrogen-bond acceptors (Lipinski definition) is 5. The number of sulfonamides is 1. The van der Waals surface area contributed by atoms with E-state index in [-0.39, 0.29) is 11.8 Å².